The number of benzene rings is 3. The maximum absolute atomic E-state index is 13.1. The molecule has 3 aromatic carbocycles. The molecule has 2 heterocycles. The number of carbonyl (C=O) groups excluding carboxylic acids is 1. The summed E-state index contributed by atoms with van der Waals surface area (Å²) in [5.41, 5.74) is 3.98. The molecule has 0 saturated carbocycles. The van der Waals surface area contributed by atoms with Crippen molar-refractivity contribution in [3.8, 4) is 17.2 Å². The zero-order valence-electron chi connectivity index (χ0n) is 22.8. The second-order valence-corrected chi connectivity index (χ2v) is 9.55. The van der Waals surface area contributed by atoms with Crippen LogP contribution in [0.3, 0.4) is 0 Å². The van der Waals surface area contributed by atoms with E-state index in [1.54, 1.807) is 7.11 Å². The number of hydrogen-bond acceptors (Lipinski definition) is 5. The first-order valence-electron chi connectivity index (χ1n) is 13.5. The lowest BCUT2D eigenvalue weighted by atomic mass is 10.1. The maximum Gasteiger partial charge on any atom is 0.227 e. The minimum atomic E-state index is 0.0108. The number of ether oxygens (including phenoxy) is 3. The number of nitrogens with zero attached hydrogens (tertiary/aromatic N) is 3. The molecule has 4 aromatic rings. The lowest BCUT2D eigenvalue weighted by Crippen LogP contribution is -2.24. The van der Waals surface area contributed by atoms with Gasteiger partial charge in [-0.1, -0.05) is 30.4 Å². The number of methoxy groups -OCH3 is 1. The Morgan fingerprint density at radius 1 is 1.03 bits per heavy atom. The molecule has 1 aliphatic rings. The molecule has 1 saturated heterocycles. The number of amides is 1. The second-order valence-electron chi connectivity index (χ2n) is 9.55. The number of para-hydroxylation sites is 2. The summed E-state index contributed by atoms with van der Waals surface area (Å²) in [6.45, 7) is 6.43. The summed E-state index contributed by atoms with van der Waals surface area (Å²) < 4.78 is 19.4. The van der Waals surface area contributed by atoms with Crippen LogP contribution >= 0.6 is 0 Å². The van der Waals surface area contributed by atoms with Crippen molar-refractivity contribution in [3.63, 3.8) is 0 Å². The van der Waals surface area contributed by atoms with E-state index in [1.165, 1.54) is 0 Å². The Hall–Kier alpha value is -4.26. The predicted octanol–water partition coefficient (Wildman–Crippen LogP) is 6.47. The predicted molar refractivity (Wildman–Crippen MR) is 155 cm³/mol. The average molecular weight is 526 g/mol. The average Bonchev–Trinajstić information content (AvgIpc) is 3.52. The number of imidazole rings is 1. The molecule has 1 amide bonds. The summed E-state index contributed by atoms with van der Waals surface area (Å²) in [7, 11) is 1.66. The fourth-order valence-corrected chi connectivity index (χ4v) is 5.16. The van der Waals surface area contributed by atoms with Crippen molar-refractivity contribution in [2.45, 2.75) is 39.2 Å². The van der Waals surface area contributed by atoms with E-state index >= 15 is 0 Å². The molecule has 1 unspecified atom stereocenters. The summed E-state index contributed by atoms with van der Waals surface area (Å²) in [6, 6.07) is 21.8. The SMILES string of the molecule is C/C=C/c1ccc(OCCCn2c(C3CC(=O)N(c4ccc(OCC)cc4)C3)nc3ccccc32)c(OC)c1. The van der Waals surface area contributed by atoms with E-state index in [9.17, 15) is 4.79 Å². The van der Waals surface area contributed by atoms with E-state index in [1.807, 2.05) is 91.6 Å². The van der Waals surface area contributed by atoms with Crippen LogP contribution in [0.2, 0.25) is 0 Å². The van der Waals surface area contributed by atoms with Crippen molar-refractivity contribution in [2.24, 2.45) is 0 Å². The van der Waals surface area contributed by atoms with Crippen LogP contribution in [0.1, 0.15) is 44.0 Å². The van der Waals surface area contributed by atoms with Crippen molar-refractivity contribution < 1.29 is 19.0 Å². The van der Waals surface area contributed by atoms with Gasteiger partial charge in [0.05, 0.1) is 31.4 Å². The van der Waals surface area contributed by atoms with Gasteiger partial charge in [0.2, 0.25) is 5.91 Å². The van der Waals surface area contributed by atoms with Crippen molar-refractivity contribution >= 4 is 28.7 Å². The van der Waals surface area contributed by atoms with Crippen molar-refractivity contribution in [2.75, 3.05) is 31.8 Å². The first-order valence-corrected chi connectivity index (χ1v) is 13.5. The second kappa shape index (κ2) is 12.1. The lowest BCUT2D eigenvalue weighted by Gasteiger charge is -2.18. The highest BCUT2D eigenvalue weighted by Gasteiger charge is 2.34. The number of aromatic nitrogens is 2. The number of carbonyl (C=O) groups is 1. The van der Waals surface area contributed by atoms with E-state index in [2.05, 4.69) is 10.6 Å². The number of rotatable bonds is 11. The molecule has 5 rings (SSSR count). The molecule has 0 aliphatic carbocycles. The summed E-state index contributed by atoms with van der Waals surface area (Å²) in [5.74, 6) is 3.33. The largest absolute Gasteiger partial charge is 0.494 e. The zero-order chi connectivity index (χ0) is 27.2. The molecule has 202 valence electrons. The molecular weight excluding hydrogens is 490 g/mol. The third-order valence-electron chi connectivity index (χ3n) is 6.96. The van der Waals surface area contributed by atoms with Gasteiger partial charge in [-0.3, -0.25) is 4.79 Å². The summed E-state index contributed by atoms with van der Waals surface area (Å²) in [4.78, 5) is 19.9. The minimum absolute atomic E-state index is 0.0108. The van der Waals surface area contributed by atoms with Gasteiger partial charge in [0.1, 0.15) is 11.6 Å². The molecule has 7 nitrogen and oxygen atoms in total. The van der Waals surface area contributed by atoms with Gasteiger partial charge < -0.3 is 23.7 Å². The third-order valence-corrected chi connectivity index (χ3v) is 6.96. The molecule has 39 heavy (non-hydrogen) atoms. The smallest absolute Gasteiger partial charge is 0.227 e. The van der Waals surface area contributed by atoms with Gasteiger partial charge >= 0.3 is 0 Å². The standard InChI is InChI=1S/C32H35N3O4/c1-4-9-23-12-17-29(30(20-23)37-3)39-19-8-18-34-28-11-7-6-10-27(28)33-32(34)24-21-31(36)35(22-24)25-13-15-26(16-14-25)38-5-2/h4,6-7,9-17,20,24H,5,8,18-19,21-22H2,1-3H3/b9-4+. The highest BCUT2D eigenvalue weighted by Crippen LogP contribution is 2.34. The van der Waals surface area contributed by atoms with Gasteiger partial charge in [0.25, 0.3) is 0 Å². The lowest BCUT2D eigenvalue weighted by molar-refractivity contribution is -0.117. The summed E-state index contributed by atoms with van der Waals surface area (Å²) in [6.07, 6.45) is 5.25. The molecule has 1 aliphatic heterocycles. The highest BCUT2D eigenvalue weighted by molar-refractivity contribution is 5.96. The van der Waals surface area contributed by atoms with Gasteiger partial charge in [-0.15, -0.1) is 0 Å². The topological polar surface area (TPSA) is 65.8 Å². The zero-order valence-corrected chi connectivity index (χ0v) is 22.8. The van der Waals surface area contributed by atoms with Crippen LogP contribution in [0.4, 0.5) is 5.69 Å². The first-order chi connectivity index (χ1) is 19.1. The summed E-state index contributed by atoms with van der Waals surface area (Å²) in [5, 5.41) is 0. The number of fused-ring (bicyclic) bond motifs is 1. The maximum atomic E-state index is 13.1. The number of anilines is 1. The van der Waals surface area contributed by atoms with Crippen LogP contribution in [-0.2, 0) is 11.3 Å². The van der Waals surface area contributed by atoms with Crippen molar-refractivity contribution in [1.82, 2.24) is 9.55 Å². The fraction of sp³-hybridized carbons (Fsp3) is 0.312. The Morgan fingerprint density at radius 3 is 2.62 bits per heavy atom. The van der Waals surface area contributed by atoms with E-state index in [0.29, 0.717) is 26.2 Å². The fourth-order valence-electron chi connectivity index (χ4n) is 5.16. The molecule has 1 atom stereocenters. The van der Waals surface area contributed by atoms with E-state index < -0.39 is 0 Å². The van der Waals surface area contributed by atoms with Crippen molar-refractivity contribution in [1.29, 1.82) is 0 Å². The third kappa shape index (κ3) is 5.77. The Bertz CT molecular complexity index is 1460. The normalized spacial score (nSPS) is 15.4. The first kappa shape index (κ1) is 26.4. The molecule has 0 radical (unpaired) electrons. The van der Waals surface area contributed by atoms with Crippen molar-refractivity contribution in [3.05, 3.63) is 84.2 Å². The van der Waals surface area contributed by atoms with Gasteiger partial charge in [0, 0.05) is 31.1 Å². The van der Waals surface area contributed by atoms with Gasteiger partial charge in [-0.25, -0.2) is 4.98 Å². The molecule has 1 fully saturated rings. The highest BCUT2D eigenvalue weighted by atomic mass is 16.5. The minimum Gasteiger partial charge on any atom is -0.494 e. The van der Waals surface area contributed by atoms with Gasteiger partial charge in [0.15, 0.2) is 11.5 Å². The van der Waals surface area contributed by atoms with E-state index in [0.717, 1.165) is 58.3 Å². The van der Waals surface area contributed by atoms with Crippen LogP contribution in [0.15, 0.2) is 72.8 Å². The number of allylic oxidation sites excluding steroid dienone is 1. The summed E-state index contributed by atoms with van der Waals surface area (Å²) >= 11 is 0. The molecule has 1 aromatic heterocycles. The Kier molecular flexibility index (Phi) is 8.16. The van der Waals surface area contributed by atoms with Crippen LogP contribution in [0.5, 0.6) is 17.2 Å². The molecule has 0 N–H and O–H groups in total. The number of hydrogen-bond donors (Lipinski definition) is 0. The van der Waals surface area contributed by atoms with Gasteiger partial charge in [-0.05, 0) is 74.4 Å². The van der Waals surface area contributed by atoms with Gasteiger partial charge in [-0.2, -0.15) is 0 Å². The monoisotopic (exact) mass is 525 g/mol. The Labute approximate surface area is 229 Å². The van der Waals surface area contributed by atoms with Crippen LogP contribution in [-0.4, -0.2) is 42.3 Å². The van der Waals surface area contributed by atoms with E-state index in [4.69, 9.17) is 19.2 Å². The Balaban J connectivity index is 1.30. The quantitative estimate of drug-likeness (QED) is 0.210. The van der Waals surface area contributed by atoms with Crippen LogP contribution in [0.25, 0.3) is 17.1 Å². The molecule has 0 bridgehead atoms. The Morgan fingerprint density at radius 2 is 1.85 bits per heavy atom. The van der Waals surface area contributed by atoms with E-state index in [-0.39, 0.29) is 11.8 Å². The number of aryl methyl sites for hydroxylation is 1. The van der Waals surface area contributed by atoms with Crippen LogP contribution < -0.4 is 19.1 Å². The molecule has 7 heteroatoms. The van der Waals surface area contributed by atoms with Crippen LogP contribution in [0, 0.1) is 0 Å². The molecular formula is C32H35N3O4. The molecule has 0 spiro atoms.